The smallest absolute Gasteiger partial charge is 0.306 e. The highest BCUT2D eigenvalue weighted by Gasteiger charge is 2.44. The van der Waals surface area contributed by atoms with Gasteiger partial charge in [-0.1, -0.05) is 30.5 Å². The first kappa shape index (κ1) is 21.3. The van der Waals surface area contributed by atoms with Crippen LogP contribution >= 0.6 is 12.8 Å². The lowest BCUT2D eigenvalue weighted by Gasteiger charge is -2.31. The van der Waals surface area contributed by atoms with Crippen molar-refractivity contribution in [2.45, 2.75) is 26.2 Å². The van der Waals surface area contributed by atoms with Crippen LogP contribution in [0.2, 0.25) is 0 Å². The van der Waals surface area contributed by atoms with Crippen molar-refractivity contribution >= 4 is 41.9 Å². The first-order chi connectivity index (χ1) is 14.0. The number of benzene rings is 2. The first-order valence-corrected chi connectivity index (χ1v) is 9.26. The Balaban J connectivity index is 2.21. The molecule has 0 aliphatic carbocycles. The minimum Gasteiger partial charge on any atom is -0.496 e. The number of rotatable bonds is 4. The summed E-state index contributed by atoms with van der Waals surface area (Å²) in [5.74, 6) is -1.86. The van der Waals surface area contributed by atoms with Gasteiger partial charge in [0.1, 0.15) is 17.0 Å². The fraction of sp³-hybridized carbons (Fsp3) is 0.250. The molecule has 0 radical (unpaired) electrons. The monoisotopic (exact) mass is 429 g/mol. The van der Waals surface area contributed by atoms with Crippen molar-refractivity contribution < 1.29 is 24.0 Å². The van der Waals surface area contributed by atoms with Gasteiger partial charge in [-0.25, -0.2) is 4.31 Å². The molecule has 0 saturated heterocycles. The number of imide groups is 1. The zero-order chi connectivity index (χ0) is 22.4. The summed E-state index contributed by atoms with van der Waals surface area (Å²) in [5, 5.41) is 14.1. The van der Waals surface area contributed by atoms with E-state index in [-0.39, 0.29) is 28.1 Å². The van der Waals surface area contributed by atoms with Gasteiger partial charge < -0.3 is 4.74 Å². The van der Waals surface area contributed by atoms with Gasteiger partial charge in [-0.15, -0.1) is 0 Å². The van der Waals surface area contributed by atoms with Gasteiger partial charge in [0.2, 0.25) is 5.91 Å². The second kappa shape index (κ2) is 7.45. The minimum atomic E-state index is -1.17. The number of anilines is 1. The highest BCUT2D eigenvalue weighted by molar-refractivity contribution is 7.82. The average Bonchev–Trinajstić information content (AvgIpc) is 2.70. The lowest BCUT2D eigenvalue weighted by atomic mass is 9.77. The van der Waals surface area contributed by atoms with E-state index in [0.717, 1.165) is 9.87 Å². The third-order valence-corrected chi connectivity index (χ3v) is 5.44. The maximum absolute atomic E-state index is 13.1. The summed E-state index contributed by atoms with van der Waals surface area (Å²) in [6.45, 7) is 4.89. The third-order valence-electron chi connectivity index (χ3n) is 5.04. The van der Waals surface area contributed by atoms with Crippen LogP contribution in [0.15, 0.2) is 30.3 Å². The number of fused-ring (bicyclic) bond motifs is 1. The summed E-state index contributed by atoms with van der Waals surface area (Å²) in [7, 11) is 1.40. The first-order valence-electron chi connectivity index (χ1n) is 8.86. The van der Waals surface area contributed by atoms with Crippen LogP contribution in [-0.2, 0) is 10.2 Å². The molecule has 0 fully saturated rings. The number of thiol groups is 1. The predicted octanol–water partition coefficient (Wildman–Crippen LogP) is 2.95. The van der Waals surface area contributed by atoms with Crippen molar-refractivity contribution in [3.05, 3.63) is 62.7 Å². The fourth-order valence-corrected chi connectivity index (χ4v) is 3.61. The van der Waals surface area contributed by atoms with Crippen LogP contribution in [0.1, 0.15) is 45.7 Å². The van der Waals surface area contributed by atoms with Gasteiger partial charge in [0.05, 0.1) is 23.0 Å². The molecule has 1 N–H and O–H groups in total. The Morgan fingerprint density at radius 2 is 1.90 bits per heavy atom. The normalized spacial score (nSPS) is 14.6. The Morgan fingerprint density at radius 1 is 1.23 bits per heavy atom. The van der Waals surface area contributed by atoms with E-state index in [2.05, 4.69) is 18.1 Å². The molecule has 10 heteroatoms. The SMILES string of the molecule is COc1ccc(C)cc1C(=O)N(S)c1ccc2c(c1[N+](=O)[O-])C(=O)NC(=O)C2(C)C. The van der Waals surface area contributed by atoms with Gasteiger partial charge >= 0.3 is 5.69 Å². The van der Waals surface area contributed by atoms with Crippen molar-refractivity contribution in [1.82, 2.24) is 5.32 Å². The van der Waals surface area contributed by atoms with Crippen molar-refractivity contribution in [3.63, 3.8) is 0 Å². The number of carbonyl (C=O) groups excluding carboxylic acids is 3. The molecule has 3 rings (SSSR count). The molecule has 2 aromatic rings. The average molecular weight is 429 g/mol. The van der Waals surface area contributed by atoms with E-state index < -0.39 is 33.7 Å². The number of hydrogen-bond acceptors (Lipinski definition) is 7. The Kier molecular flexibility index (Phi) is 5.29. The van der Waals surface area contributed by atoms with Crippen LogP contribution in [0.25, 0.3) is 0 Å². The standard InChI is InChI=1S/C20H19N3O6S/c1-10-5-8-14(29-4)11(9-10)18(25)22(30)13-7-6-12-15(16(13)23(27)28)17(24)21-19(26)20(12,2)3/h5-9,30H,1-4H3,(H,21,24,26). The van der Waals surface area contributed by atoms with E-state index in [4.69, 9.17) is 4.74 Å². The molecule has 0 aromatic heterocycles. The molecule has 0 unspecified atom stereocenters. The summed E-state index contributed by atoms with van der Waals surface area (Å²) in [6.07, 6.45) is 0. The second-order valence-corrected chi connectivity index (χ2v) is 7.74. The Labute approximate surface area is 177 Å². The summed E-state index contributed by atoms with van der Waals surface area (Å²) < 4.78 is 6.01. The van der Waals surface area contributed by atoms with E-state index in [0.29, 0.717) is 0 Å². The number of methoxy groups -OCH3 is 1. The predicted molar refractivity (Wildman–Crippen MR) is 112 cm³/mol. The topological polar surface area (TPSA) is 119 Å². The molecule has 156 valence electrons. The van der Waals surface area contributed by atoms with Gasteiger partial charge in [0, 0.05) is 0 Å². The van der Waals surface area contributed by atoms with Crippen molar-refractivity contribution in [1.29, 1.82) is 0 Å². The van der Waals surface area contributed by atoms with Gasteiger partial charge in [-0.05, 0) is 44.5 Å². The zero-order valence-electron chi connectivity index (χ0n) is 16.7. The van der Waals surface area contributed by atoms with E-state index in [1.54, 1.807) is 39.0 Å². The number of ether oxygens (including phenoxy) is 1. The molecule has 0 atom stereocenters. The van der Waals surface area contributed by atoms with Gasteiger partial charge in [0.25, 0.3) is 11.8 Å². The molecular weight excluding hydrogens is 410 g/mol. The maximum Gasteiger partial charge on any atom is 0.306 e. The van der Waals surface area contributed by atoms with E-state index in [1.165, 1.54) is 19.2 Å². The van der Waals surface area contributed by atoms with Crippen LogP contribution in [-0.4, -0.2) is 29.8 Å². The largest absolute Gasteiger partial charge is 0.496 e. The van der Waals surface area contributed by atoms with Crippen LogP contribution in [0.5, 0.6) is 5.75 Å². The quantitative estimate of drug-likeness (QED) is 0.334. The van der Waals surface area contributed by atoms with Gasteiger partial charge in [-0.2, -0.15) is 0 Å². The highest BCUT2D eigenvalue weighted by Crippen LogP contribution is 2.42. The molecule has 0 saturated carbocycles. The third kappa shape index (κ3) is 3.28. The van der Waals surface area contributed by atoms with Crippen molar-refractivity contribution in [2.75, 3.05) is 11.4 Å². The molecule has 0 bridgehead atoms. The van der Waals surface area contributed by atoms with Gasteiger partial charge in [0.15, 0.2) is 0 Å². The number of nitrogens with zero attached hydrogens (tertiary/aromatic N) is 2. The summed E-state index contributed by atoms with van der Waals surface area (Å²) in [4.78, 5) is 48.9. The number of aryl methyl sites for hydroxylation is 1. The zero-order valence-corrected chi connectivity index (χ0v) is 17.6. The summed E-state index contributed by atoms with van der Waals surface area (Å²) >= 11 is 4.19. The van der Waals surface area contributed by atoms with Crippen molar-refractivity contribution in [2.24, 2.45) is 0 Å². The summed E-state index contributed by atoms with van der Waals surface area (Å²) in [5.41, 5.74) is -1.12. The molecule has 2 aromatic carbocycles. The Hall–Kier alpha value is -3.40. The van der Waals surface area contributed by atoms with E-state index >= 15 is 0 Å². The maximum atomic E-state index is 13.1. The van der Waals surface area contributed by atoms with Crippen LogP contribution in [0, 0.1) is 17.0 Å². The van der Waals surface area contributed by atoms with Crippen molar-refractivity contribution in [3.8, 4) is 5.75 Å². The Bertz CT molecular complexity index is 1110. The molecule has 3 amide bonds. The van der Waals surface area contributed by atoms with Gasteiger partial charge in [-0.3, -0.25) is 29.8 Å². The highest BCUT2D eigenvalue weighted by atomic mass is 32.1. The lowest BCUT2D eigenvalue weighted by molar-refractivity contribution is -0.384. The number of nitro benzene ring substituents is 1. The number of nitro groups is 1. The van der Waals surface area contributed by atoms with Crippen LogP contribution in [0.3, 0.4) is 0 Å². The second-order valence-electron chi connectivity index (χ2n) is 7.34. The molecule has 1 aliphatic rings. The number of amides is 3. The lowest BCUT2D eigenvalue weighted by Crippen LogP contribution is -2.49. The molecule has 0 spiro atoms. The summed E-state index contributed by atoms with van der Waals surface area (Å²) in [6, 6.07) is 7.66. The van der Waals surface area contributed by atoms with Crippen LogP contribution in [0.4, 0.5) is 11.4 Å². The number of nitrogens with one attached hydrogen (secondary N) is 1. The van der Waals surface area contributed by atoms with E-state index in [9.17, 15) is 24.5 Å². The fourth-order valence-electron chi connectivity index (χ4n) is 3.34. The number of carbonyl (C=O) groups is 3. The number of hydrogen-bond donors (Lipinski definition) is 2. The molecule has 30 heavy (non-hydrogen) atoms. The van der Waals surface area contributed by atoms with Crippen LogP contribution < -0.4 is 14.4 Å². The molecule has 1 heterocycles. The Morgan fingerprint density at radius 3 is 2.50 bits per heavy atom. The molecule has 9 nitrogen and oxygen atoms in total. The molecular formula is C20H19N3O6S. The van der Waals surface area contributed by atoms with E-state index in [1.807, 2.05) is 0 Å². The molecule has 1 aliphatic heterocycles. The minimum absolute atomic E-state index is 0.152.